The van der Waals surface area contributed by atoms with E-state index in [1.807, 2.05) is 30.3 Å². The van der Waals surface area contributed by atoms with Gasteiger partial charge in [-0.25, -0.2) is 4.90 Å². The van der Waals surface area contributed by atoms with Gasteiger partial charge in [-0.3, -0.25) is 19.4 Å². The monoisotopic (exact) mass is 519 g/mol. The lowest BCUT2D eigenvalue weighted by molar-refractivity contribution is -0.123. The van der Waals surface area contributed by atoms with E-state index in [9.17, 15) is 14.4 Å². The van der Waals surface area contributed by atoms with E-state index >= 15 is 0 Å². The number of rotatable bonds is 6. The molecule has 34 heavy (non-hydrogen) atoms. The van der Waals surface area contributed by atoms with E-state index in [-0.39, 0.29) is 6.54 Å². The van der Waals surface area contributed by atoms with Gasteiger partial charge in [-0.05, 0) is 60.7 Å². The largest absolute Gasteiger partial charge is 0.457 e. The molecule has 3 aromatic rings. The number of carbonyl (C=O) groups excluding carboxylic acids is 3. The summed E-state index contributed by atoms with van der Waals surface area (Å²) in [4.78, 5) is 39.5. The van der Waals surface area contributed by atoms with E-state index in [0.29, 0.717) is 22.9 Å². The number of carbonyl (C=O) groups is 3. The third-order valence-electron chi connectivity index (χ3n) is 5.37. The topological polar surface area (TPSA) is 104 Å². The normalized spacial score (nSPS) is 18.9. The van der Waals surface area contributed by atoms with Crippen LogP contribution >= 0.6 is 15.9 Å². The predicted octanol–water partition coefficient (Wildman–Crippen LogP) is 4.17. The number of hydrogen-bond donors (Lipinski definition) is 1. The molecule has 1 saturated heterocycles. The van der Waals surface area contributed by atoms with Gasteiger partial charge in [0, 0.05) is 10.2 Å². The highest BCUT2D eigenvalue weighted by atomic mass is 79.9. The number of para-hydroxylation sites is 1. The highest BCUT2D eigenvalue weighted by Crippen LogP contribution is 2.32. The average Bonchev–Trinajstić information content (AvgIpc) is 3.36. The Morgan fingerprint density at radius 1 is 0.912 bits per heavy atom. The minimum Gasteiger partial charge on any atom is -0.457 e. The van der Waals surface area contributed by atoms with Crippen LogP contribution in [0.25, 0.3) is 0 Å². The van der Waals surface area contributed by atoms with Crippen LogP contribution in [0.1, 0.15) is 0 Å². The SMILES string of the molecule is O=C(CN1N=N[C@@H]2C(=O)N(c3ccc(Br)cc3)C(=O)[C@@H]21)Nc1ccc(Oc2ccccc2)cc1. The Kier molecular flexibility index (Phi) is 5.81. The maximum absolute atomic E-state index is 13.0. The molecule has 9 nitrogen and oxygen atoms in total. The molecule has 2 heterocycles. The number of benzene rings is 3. The summed E-state index contributed by atoms with van der Waals surface area (Å²) >= 11 is 3.33. The molecule has 0 unspecified atom stereocenters. The fourth-order valence-corrected chi connectivity index (χ4v) is 4.04. The molecule has 1 fully saturated rings. The van der Waals surface area contributed by atoms with E-state index in [0.717, 1.165) is 9.37 Å². The molecule has 2 aliphatic rings. The molecule has 3 aromatic carbocycles. The Morgan fingerprint density at radius 3 is 2.29 bits per heavy atom. The average molecular weight is 520 g/mol. The summed E-state index contributed by atoms with van der Waals surface area (Å²) in [5.74, 6) is 0.0267. The molecule has 1 N–H and O–H groups in total. The minimum absolute atomic E-state index is 0.222. The summed E-state index contributed by atoms with van der Waals surface area (Å²) in [6, 6.07) is 21.2. The summed E-state index contributed by atoms with van der Waals surface area (Å²) in [5, 5.41) is 11.9. The first kappa shape index (κ1) is 21.8. The van der Waals surface area contributed by atoms with Crippen molar-refractivity contribution in [2.24, 2.45) is 10.3 Å². The first-order chi connectivity index (χ1) is 16.5. The molecule has 0 bridgehead atoms. The zero-order valence-electron chi connectivity index (χ0n) is 17.7. The number of anilines is 2. The Labute approximate surface area is 203 Å². The molecule has 10 heteroatoms. The van der Waals surface area contributed by atoms with Crippen molar-refractivity contribution in [3.8, 4) is 11.5 Å². The fourth-order valence-electron chi connectivity index (χ4n) is 3.78. The highest BCUT2D eigenvalue weighted by Gasteiger charge is 2.55. The van der Waals surface area contributed by atoms with E-state index in [4.69, 9.17) is 4.74 Å². The van der Waals surface area contributed by atoms with Crippen LogP contribution in [0, 0.1) is 0 Å². The van der Waals surface area contributed by atoms with Crippen molar-refractivity contribution in [2.75, 3.05) is 16.8 Å². The van der Waals surface area contributed by atoms with Gasteiger partial charge < -0.3 is 10.1 Å². The third-order valence-corrected chi connectivity index (χ3v) is 5.89. The van der Waals surface area contributed by atoms with Crippen molar-refractivity contribution in [1.82, 2.24) is 5.01 Å². The first-order valence-electron chi connectivity index (χ1n) is 10.4. The van der Waals surface area contributed by atoms with Gasteiger partial charge in [0.15, 0.2) is 12.1 Å². The van der Waals surface area contributed by atoms with Gasteiger partial charge in [0.1, 0.15) is 18.0 Å². The number of imide groups is 1. The number of amides is 3. The van der Waals surface area contributed by atoms with Gasteiger partial charge in [-0.1, -0.05) is 39.4 Å². The van der Waals surface area contributed by atoms with Crippen LogP contribution in [0.15, 0.2) is 93.7 Å². The predicted molar refractivity (Wildman–Crippen MR) is 127 cm³/mol. The molecule has 0 aliphatic carbocycles. The molecule has 2 atom stereocenters. The standard InChI is InChI=1S/C24H18BrN5O4/c25-15-6-10-17(11-7-15)30-23(32)21-22(24(30)33)29(28-27-21)14-20(31)26-16-8-12-19(13-9-16)34-18-4-2-1-3-5-18/h1-13,21-22H,14H2,(H,26,31)/t21-,22+/m0/s1. The maximum atomic E-state index is 13.0. The molecule has 0 saturated carbocycles. The molecule has 5 rings (SSSR count). The lowest BCUT2D eigenvalue weighted by Crippen LogP contribution is -2.43. The smallest absolute Gasteiger partial charge is 0.263 e. The molecule has 2 aliphatic heterocycles. The number of ether oxygens (including phenoxy) is 1. The van der Waals surface area contributed by atoms with Crippen molar-refractivity contribution < 1.29 is 19.1 Å². The summed E-state index contributed by atoms with van der Waals surface area (Å²) in [5.41, 5.74) is 1.01. The van der Waals surface area contributed by atoms with Gasteiger partial charge in [0.2, 0.25) is 5.91 Å². The quantitative estimate of drug-likeness (QED) is 0.492. The Balaban J connectivity index is 1.22. The number of hydrogen-bond acceptors (Lipinski definition) is 7. The van der Waals surface area contributed by atoms with Crippen LogP contribution in [-0.2, 0) is 14.4 Å². The van der Waals surface area contributed by atoms with Crippen LogP contribution in [0.3, 0.4) is 0 Å². The molecule has 0 aromatic heterocycles. The van der Waals surface area contributed by atoms with Crippen molar-refractivity contribution in [3.63, 3.8) is 0 Å². The van der Waals surface area contributed by atoms with E-state index in [1.165, 1.54) is 5.01 Å². The Bertz CT molecular complexity index is 1260. The number of nitrogens with one attached hydrogen (secondary N) is 1. The lowest BCUT2D eigenvalue weighted by atomic mass is 10.1. The zero-order chi connectivity index (χ0) is 23.7. The van der Waals surface area contributed by atoms with E-state index in [1.54, 1.807) is 48.5 Å². The van der Waals surface area contributed by atoms with Crippen LogP contribution in [0.4, 0.5) is 11.4 Å². The van der Waals surface area contributed by atoms with Crippen molar-refractivity contribution in [1.29, 1.82) is 0 Å². The molecule has 3 amide bonds. The summed E-state index contributed by atoms with van der Waals surface area (Å²) in [6.07, 6.45) is 0. The van der Waals surface area contributed by atoms with Gasteiger partial charge in [-0.2, -0.15) is 5.11 Å². The van der Waals surface area contributed by atoms with E-state index in [2.05, 4.69) is 31.6 Å². The minimum atomic E-state index is -0.960. The fraction of sp³-hybridized carbons (Fsp3) is 0.125. The molecular weight excluding hydrogens is 502 g/mol. The van der Waals surface area contributed by atoms with Crippen LogP contribution in [0.5, 0.6) is 11.5 Å². The molecule has 0 spiro atoms. The summed E-state index contributed by atoms with van der Waals surface area (Å²) < 4.78 is 6.57. The maximum Gasteiger partial charge on any atom is 0.263 e. The van der Waals surface area contributed by atoms with Crippen molar-refractivity contribution >= 4 is 45.0 Å². The van der Waals surface area contributed by atoms with Crippen LogP contribution in [-0.4, -0.2) is 41.4 Å². The zero-order valence-corrected chi connectivity index (χ0v) is 19.3. The highest BCUT2D eigenvalue weighted by molar-refractivity contribution is 9.10. The van der Waals surface area contributed by atoms with Crippen molar-refractivity contribution in [3.05, 3.63) is 83.3 Å². The second-order valence-corrected chi connectivity index (χ2v) is 8.58. The lowest BCUT2D eigenvalue weighted by Gasteiger charge is -2.20. The number of halogens is 1. The van der Waals surface area contributed by atoms with Crippen molar-refractivity contribution in [2.45, 2.75) is 12.1 Å². The second-order valence-electron chi connectivity index (χ2n) is 7.67. The molecule has 0 radical (unpaired) electrons. The number of fused-ring (bicyclic) bond motifs is 1. The third kappa shape index (κ3) is 4.27. The van der Waals surface area contributed by atoms with Gasteiger partial charge >= 0.3 is 0 Å². The van der Waals surface area contributed by atoms with Gasteiger partial charge in [-0.15, -0.1) is 0 Å². The molecular formula is C24H18BrN5O4. The Hall–Kier alpha value is -4.05. The van der Waals surface area contributed by atoms with Gasteiger partial charge in [0.05, 0.1) is 5.69 Å². The second kappa shape index (κ2) is 9.06. The first-order valence-corrected chi connectivity index (χ1v) is 11.2. The summed E-state index contributed by atoms with van der Waals surface area (Å²) in [7, 11) is 0. The summed E-state index contributed by atoms with van der Waals surface area (Å²) in [6.45, 7) is -0.222. The van der Waals surface area contributed by atoms with Crippen LogP contribution in [0.2, 0.25) is 0 Å². The van der Waals surface area contributed by atoms with Crippen LogP contribution < -0.4 is 15.0 Å². The van der Waals surface area contributed by atoms with Gasteiger partial charge in [0.25, 0.3) is 11.8 Å². The number of nitrogens with zero attached hydrogens (tertiary/aromatic N) is 4. The molecule has 170 valence electrons. The van der Waals surface area contributed by atoms with E-state index < -0.39 is 29.8 Å². The Morgan fingerprint density at radius 2 is 1.59 bits per heavy atom.